The van der Waals surface area contributed by atoms with E-state index in [-0.39, 0.29) is 0 Å². The molecule has 2 N–H and O–H groups in total. The average molecular weight is 230 g/mol. The maximum Gasteiger partial charge on any atom is 0.0737 e. The van der Waals surface area contributed by atoms with Crippen LogP contribution in [0.25, 0.3) is 0 Å². The van der Waals surface area contributed by atoms with Crippen LogP contribution in [0.5, 0.6) is 0 Å². The van der Waals surface area contributed by atoms with E-state index in [9.17, 15) is 0 Å². The van der Waals surface area contributed by atoms with Crippen LogP contribution in [0.4, 0.5) is 5.69 Å². The van der Waals surface area contributed by atoms with Gasteiger partial charge in [-0.1, -0.05) is 11.6 Å². The third-order valence-electron chi connectivity index (χ3n) is 2.00. The van der Waals surface area contributed by atoms with Crippen molar-refractivity contribution < 1.29 is 9.47 Å². The number of halogens is 1. The molecule has 0 aliphatic heterocycles. The molecule has 0 unspecified atom stereocenters. The smallest absolute Gasteiger partial charge is 0.0737 e. The molecule has 3 nitrogen and oxygen atoms in total. The van der Waals surface area contributed by atoms with Gasteiger partial charge in [0.2, 0.25) is 0 Å². The first kappa shape index (κ1) is 12.3. The molecule has 0 aliphatic carbocycles. The van der Waals surface area contributed by atoms with E-state index in [1.165, 1.54) is 0 Å². The zero-order valence-electron chi connectivity index (χ0n) is 8.83. The minimum atomic E-state index is 0.496. The molecule has 1 aromatic rings. The largest absolute Gasteiger partial charge is 0.398 e. The Bertz CT molecular complexity index is 305. The topological polar surface area (TPSA) is 44.5 Å². The molecule has 0 radical (unpaired) electrons. The van der Waals surface area contributed by atoms with Gasteiger partial charge in [0.05, 0.1) is 6.61 Å². The second-order valence-corrected chi connectivity index (χ2v) is 3.68. The Balaban J connectivity index is 2.33. The van der Waals surface area contributed by atoms with Gasteiger partial charge < -0.3 is 15.2 Å². The highest BCUT2D eigenvalue weighted by molar-refractivity contribution is 6.30. The number of nitrogens with two attached hydrogens (primary N) is 1. The van der Waals surface area contributed by atoms with Crippen molar-refractivity contribution in [3.63, 3.8) is 0 Å². The van der Waals surface area contributed by atoms with Gasteiger partial charge in [-0.05, 0) is 24.6 Å². The van der Waals surface area contributed by atoms with E-state index in [2.05, 4.69) is 0 Å². The fourth-order valence-electron chi connectivity index (χ4n) is 1.19. The minimum Gasteiger partial charge on any atom is -0.398 e. The number of ether oxygens (including phenoxy) is 2. The van der Waals surface area contributed by atoms with Crippen LogP contribution in [0.15, 0.2) is 18.2 Å². The van der Waals surface area contributed by atoms with Gasteiger partial charge >= 0.3 is 0 Å². The summed E-state index contributed by atoms with van der Waals surface area (Å²) in [4.78, 5) is 0. The molecule has 0 aliphatic rings. The summed E-state index contributed by atoms with van der Waals surface area (Å²) in [6, 6.07) is 5.38. The van der Waals surface area contributed by atoms with Crippen molar-refractivity contribution in [3.8, 4) is 0 Å². The average Bonchev–Trinajstić information content (AvgIpc) is 2.23. The molecule has 84 valence electrons. The minimum absolute atomic E-state index is 0.496. The fraction of sp³-hybridized carbons (Fsp3) is 0.455. The van der Waals surface area contributed by atoms with E-state index in [4.69, 9.17) is 26.8 Å². The lowest BCUT2D eigenvalue weighted by molar-refractivity contribution is 0.0931. The second kappa shape index (κ2) is 6.67. The fourth-order valence-corrected chi connectivity index (χ4v) is 1.38. The molecule has 0 bridgehead atoms. The molecule has 15 heavy (non-hydrogen) atoms. The third kappa shape index (κ3) is 4.51. The number of hydrogen-bond donors (Lipinski definition) is 1. The van der Waals surface area contributed by atoms with Crippen molar-refractivity contribution in [1.82, 2.24) is 0 Å². The molecule has 1 aromatic carbocycles. The normalized spacial score (nSPS) is 10.5. The van der Waals surface area contributed by atoms with Gasteiger partial charge in [0.1, 0.15) is 0 Å². The maximum atomic E-state index is 5.85. The quantitative estimate of drug-likeness (QED) is 0.602. The van der Waals surface area contributed by atoms with Crippen molar-refractivity contribution in [2.24, 2.45) is 0 Å². The van der Waals surface area contributed by atoms with E-state index in [1.54, 1.807) is 19.2 Å². The van der Waals surface area contributed by atoms with E-state index in [1.807, 2.05) is 6.07 Å². The first-order valence-electron chi connectivity index (χ1n) is 4.84. The van der Waals surface area contributed by atoms with E-state index in [0.29, 0.717) is 30.5 Å². The number of anilines is 1. The number of benzene rings is 1. The molecule has 1 rings (SSSR count). The molecule has 0 saturated carbocycles. The van der Waals surface area contributed by atoms with Crippen molar-refractivity contribution in [3.05, 3.63) is 28.8 Å². The molecule has 0 heterocycles. The second-order valence-electron chi connectivity index (χ2n) is 3.24. The van der Waals surface area contributed by atoms with Gasteiger partial charge in [-0.2, -0.15) is 0 Å². The molecule has 4 heteroatoms. The van der Waals surface area contributed by atoms with Crippen molar-refractivity contribution in [1.29, 1.82) is 0 Å². The number of rotatable bonds is 6. The van der Waals surface area contributed by atoms with E-state index < -0.39 is 0 Å². The predicted octanol–water partition coefficient (Wildman–Crippen LogP) is 2.48. The summed E-state index contributed by atoms with van der Waals surface area (Å²) in [7, 11) is 1.68. The van der Waals surface area contributed by atoms with Crippen LogP contribution in [0.1, 0.15) is 12.0 Å². The van der Waals surface area contributed by atoms with Gasteiger partial charge in [-0.15, -0.1) is 0 Å². The van der Waals surface area contributed by atoms with Crippen molar-refractivity contribution in [2.75, 3.05) is 26.1 Å². The molecule has 0 fully saturated rings. The predicted molar refractivity (Wildman–Crippen MR) is 62.0 cm³/mol. The standard InChI is InChI=1S/C11H16ClNO2/c1-14-5-2-6-15-8-9-7-10(12)3-4-11(9)13/h3-4,7H,2,5-6,8,13H2,1H3. The van der Waals surface area contributed by atoms with Crippen LogP contribution < -0.4 is 5.73 Å². The van der Waals surface area contributed by atoms with Crippen LogP contribution in [0.3, 0.4) is 0 Å². The first-order chi connectivity index (χ1) is 7.24. The van der Waals surface area contributed by atoms with Gasteiger partial charge in [0.25, 0.3) is 0 Å². The SMILES string of the molecule is COCCCOCc1cc(Cl)ccc1N. The lowest BCUT2D eigenvalue weighted by Gasteiger charge is -2.07. The van der Waals surface area contributed by atoms with Crippen LogP contribution in [0, 0.1) is 0 Å². The zero-order valence-corrected chi connectivity index (χ0v) is 9.59. The molecular formula is C11H16ClNO2. The van der Waals surface area contributed by atoms with Crippen molar-refractivity contribution in [2.45, 2.75) is 13.0 Å². The van der Waals surface area contributed by atoms with Gasteiger partial charge in [-0.25, -0.2) is 0 Å². The zero-order chi connectivity index (χ0) is 11.1. The highest BCUT2D eigenvalue weighted by Gasteiger charge is 2.00. The van der Waals surface area contributed by atoms with Crippen LogP contribution in [-0.4, -0.2) is 20.3 Å². The first-order valence-corrected chi connectivity index (χ1v) is 5.22. The number of nitrogen functional groups attached to an aromatic ring is 1. The molecule has 0 amide bonds. The van der Waals surface area contributed by atoms with Gasteiger partial charge in [-0.3, -0.25) is 0 Å². The molecular weight excluding hydrogens is 214 g/mol. The molecule has 0 saturated heterocycles. The Labute approximate surface area is 95.1 Å². The summed E-state index contributed by atoms with van der Waals surface area (Å²) in [5, 5.41) is 0.680. The monoisotopic (exact) mass is 229 g/mol. The van der Waals surface area contributed by atoms with Gasteiger partial charge in [0, 0.05) is 36.6 Å². The lowest BCUT2D eigenvalue weighted by atomic mass is 10.2. The molecule has 0 spiro atoms. The Kier molecular flexibility index (Phi) is 5.47. The Morgan fingerprint density at radius 2 is 2.13 bits per heavy atom. The van der Waals surface area contributed by atoms with Crippen LogP contribution in [-0.2, 0) is 16.1 Å². The number of methoxy groups -OCH3 is 1. The summed E-state index contributed by atoms with van der Waals surface area (Å²) < 4.78 is 10.4. The van der Waals surface area contributed by atoms with Gasteiger partial charge in [0.15, 0.2) is 0 Å². The summed E-state index contributed by atoms with van der Waals surface area (Å²) in [6.07, 6.45) is 0.886. The highest BCUT2D eigenvalue weighted by atomic mass is 35.5. The van der Waals surface area contributed by atoms with E-state index >= 15 is 0 Å². The molecule has 0 atom stereocenters. The summed E-state index contributed by atoms with van der Waals surface area (Å²) >= 11 is 5.85. The summed E-state index contributed by atoms with van der Waals surface area (Å²) in [6.45, 7) is 1.88. The third-order valence-corrected chi connectivity index (χ3v) is 2.23. The van der Waals surface area contributed by atoms with Crippen molar-refractivity contribution >= 4 is 17.3 Å². The van der Waals surface area contributed by atoms with Crippen LogP contribution in [0.2, 0.25) is 5.02 Å². The van der Waals surface area contributed by atoms with Crippen LogP contribution >= 0.6 is 11.6 Å². The summed E-state index contributed by atoms with van der Waals surface area (Å²) in [5.41, 5.74) is 7.41. The van der Waals surface area contributed by atoms with E-state index in [0.717, 1.165) is 12.0 Å². The Morgan fingerprint density at radius 3 is 2.87 bits per heavy atom. The Hall–Kier alpha value is -0.770. The maximum absolute atomic E-state index is 5.85. The molecule has 0 aromatic heterocycles. The highest BCUT2D eigenvalue weighted by Crippen LogP contribution is 2.18. The Morgan fingerprint density at radius 1 is 1.33 bits per heavy atom. The number of hydrogen-bond acceptors (Lipinski definition) is 3. The summed E-state index contributed by atoms with van der Waals surface area (Å²) in [5.74, 6) is 0. The lowest BCUT2D eigenvalue weighted by Crippen LogP contribution is -2.01.